The van der Waals surface area contributed by atoms with Crippen LogP contribution in [0.1, 0.15) is 37.8 Å². The lowest BCUT2D eigenvalue weighted by Gasteiger charge is -2.17. The van der Waals surface area contributed by atoms with E-state index < -0.39 is 23.1 Å². The van der Waals surface area contributed by atoms with E-state index in [1.807, 2.05) is 0 Å². The number of ketones is 2. The molecular formula is C14H10O6. The molecular weight excluding hydrogens is 264 g/mol. The topological polar surface area (TPSA) is 97.0 Å². The van der Waals surface area contributed by atoms with Crippen LogP contribution < -0.4 is 4.74 Å². The summed E-state index contributed by atoms with van der Waals surface area (Å²) in [4.78, 5) is 24.7. The van der Waals surface area contributed by atoms with Crippen LogP contribution in [0.2, 0.25) is 0 Å². The van der Waals surface area contributed by atoms with E-state index in [2.05, 4.69) is 0 Å². The molecule has 0 unspecified atom stereocenters. The number of fused-ring (bicyclic) bond motifs is 2. The Kier molecular flexibility index (Phi) is 2.37. The molecule has 3 rings (SSSR count). The molecule has 6 heteroatoms. The highest BCUT2D eigenvalue weighted by Gasteiger charge is 2.38. The summed E-state index contributed by atoms with van der Waals surface area (Å²) in [7, 11) is 1.28. The normalized spacial score (nSPS) is 13.1. The first-order valence-electron chi connectivity index (χ1n) is 5.78. The van der Waals surface area contributed by atoms with Crippen molar-refractivity contribution in [3.63, 3.8) is 0 Å². The number of hydrogen-bond acceptors (Lipinski definition) is 6. The monoisotopic (exact) mass is 274 g/mol. The molecule has 20 heavy (non-hydrogen) atoms. The zero-order valence-corrected chi connectivity index (χ0v) is 10.7. The molecule has 1 aromatic heterocycles. The minimum absolute atomic E-state index is 0.0832. The van der Waals surface area contributed by atoms with E-state index >= 15 is 0 Å². The van der Waals surface area contributed by atoms with Crippen LogP contribution in [0, 0.1) is 6.92 Å². The first-order valence-corrected chi connectivity index (χ1v) is 5.78. The second-order valence-electron chi connectivity index (χ2n) is 4.45. The molecule has 1 heterocycles. The molecule has 1 aromatic carbocycles. The molecule has 0 saturated heterocycles. The minimum atomic E-state index is -0.658. The average Bonchev–Trinajstić information content (AvgIpc) is 2.80. The zero-order chi connectivity index (χ0) is 14.6. The Bertz CT molecular complexity index is 768. The summed E-state index contributed by atoms with van der Waals surface area (Å²) in [6.45, 7) is 1.60. The lowest BCUT2D eigenvalue weighted by molar-refractivity contribution is 0.0954. The number of furan rings is 1. The van der Waals surface area contributed by atoms with Gasteiger partial charge < -0.3 is 19.4 Å². The third-order valence-corrected chi connectivity index (χ3v) is 3.22. The van der Waals surface area contributed by atoms with Crippen molar-refractivity contribution >= 4 is 11.6 Å². The van der Waals surface area contributed by atoms with Crippen molar-refractivity contribution in [2.75, 3.05) is 7.11 Å². The van der Waals surface area contributed by atoms with Crippen LogP contribution in [-0.4, -0.2) is 28.9 Å². The van der Waals surface area contributed by atoms with Gasteiger partial charge in [0, 0.05) is 6.07 Å². The van der Waals surface area contributed by atoms with Crippen LogP contribution in [0.5, 0.6) is 17.2 Å². The maximum Gasteiger partial charge on any atom is 0.233 e. The largest absolute Gasteiger partial charge is 0.507 e. The number of phenolic OH excluding ortho intramolecular Hbond substituents is 2. The first-order chi connectivity index (χ1) is 9.45. The molecule has 2 aromatic rings. The van der Waals surface area contributed by atoms with E-state index in [0.717, 1.165) is 6.07 Å². The number of carbonyl (C=O) groups is 2. The van der Waals surface area contributed by atoms with Crippen molar-refractivity contribution in [1.29, 1.82) is 0 Å². The van der Waals surface area contributed by atoms with Gasteiger partial charge in [0.05, 0.1) is 23.8 Å². The number of hydrogen-bond donors (Lipinski definition) is 2. The van der Waals surface area contributed by atoms with Crippen molar-refractivity contribution in [2.45, 2.75) is 6.92 Å². The summed E-state index contributed by atoms with van der Waals surface area (Å²) in [5, 5.41) is 19.9. The van der Waals surface area contributed by atoms with E-state index in [1.54, 1.807) is 6.92 Å². The highest BCUT2D eigenvalue weighted by atomic mass is 16.5. The van der Waals surface area contributed by atoms with Crippen LogP contribution in [0.25, 0.3) is 0 Å². The number of aromatic hydroxyl groups is 2. The molecule has 1 aliphatic rings. The Morgan fingerprint density at radius 1 is 1.10 bits per heavy atom. The van der Waals surface area contributed by atoms with Gasteiger partial charge in [-0.05, 0) is 13.0 Å². The fraction of sp³-hybridized carbons (Fsp3) is 0.143. The molecule has 0 bridgehead atoms. The molecule has 2 N–H and O–H groups in total. The molecule has 0 fully saturated rings. The van der Waals surface area contributed by atoms with Crippen LogP contribution in [0.15, 0.2) is 16.5 Å². The maximum atomic E-state index is 12.3. The Hall–Kier alpha value is -2.76. The van der Waals surface area contributed by atoms with Gasteiger partial charge in [-0.2, -0.15) is 0 Å². The highest BCUT2D eigenvalue weighted by Crippen LogP contribution is 2.43. The Morgan fingerprint density at radius 3 is 2.45 bits per heavy atom. The predicted molar refractivity (Wildman–Crippen MR) is 66.6 cm³/mol. The van der Waals surface area contributed by atoms with Gasteiger partial charge in [-0.25, -0.2) is 0 Å². The van der Waals surface area contributed by atoms with Gasteiger partial charge in [-0.15, -0.1) is 0 Å². The third-order valence-electron chi connectivity index (χ3n) is 3.22. The molecule has 102 valence electrons. The van der Waals surface area contributed by atoms with Gasteiger partial charge >= 0.3 is 0 Å². The number of aryl methyl sites for hydroxylation is 1. The third kappa shape index (κ3) is 1.38. The second kappa shape index (κ2) is 3.86. The van der Waals surface area contributed by atoms with Crippen LogP contribution in [-0.2, 0) is 0 Å². The summed E-state index contributed by atoms with van der Waals surface area (Å²) in [5.41, 5.74) is -0.449. The Labute approximate surface area is 113 Å². The van der Waals surface area contributed by atoms with Gasteiger partial charge in [0.1, 0.15) is 11.5 Å². The van der Waals surface area contributed by atoms with Gasteiger partial charge in [0.15, 0.2) is 17.3 Å². The maximum absolute atomic E-state index is 12.3. The zero-order valence-electron chi connectivity index (χ0n) is 10.7. The number of rotatable bonds is 1. The highest BCUT2D eigenvalue weighted by molar-refractivity contribution is 6.29. The summed E-state index contributed by atoms with van der Waals surface area (Å²) in [6.07, 6.45) is 0. The van der Waals surface area contributed by atoms with Gasteiger partial charge in [-0.1, -0.05) is 0 Å². The number of phenols is 2. The summed E-state index contributed by atoms with van der Waals surface area (Å²) < 4.78 is 10.1. The van der Waals surface area contributed by atoms with E-state index in [-0.39, 0.29) is 28.2 Å². The van der Waals surface area contributed by atoms with E-state index in [9.17, 15) is 19.8 Å². The molecule has 0 amide bonds. The van der Waals surface area contributed by atoms with Crippen LogP contribution >= 0.6 is 0 Å². The number of benzene rings is 1. The van der Waals surface area contributed by atoms with Gasteiger partial charge in [0.2, 0.25) is 11.6 Å². The smallest absolute Gasteiger partial charge is 0.233 e. The van der Waals surface area contributed by atoms with Crippen molar-refractivity contribution in [3.8, 4) is 17.2 Å². The second-order valence-corrected chi connectivity index (χ2v) is 4.45. The lowest BCUT2D eigenvalue weighted by atomic mass is 9.87. The quantitative estimate of drug-likeness (QED) is 0.656. The standard InChI is InChI=1S/C14H10O6/c1-5-3-6-11(16)9-7(15)4-8(19-2)12(17)10(9)13(18)14(6)20-5/h3-4,15,17H,1-2H3. The van der Waals surface area contributed by atoms with Crippen molar-refractivity contribution < 1.29 is 29.0 Å². The number of methoxy groups -OCH3 is 1. The van der Waals surface area contributed by atoms with Crippen molar-refractivity contribution in [3.05, 3.63) is 40.3 Å². The van der Waals surface area contributed by atoms with Gasteiger partial charge in [0.25, 0.3) is 0 Å². The fourth-order valence-electron chi connectivity index (χ4n) is 2.34. The number of carbonyl (C=O) groups excluding carboxylic acids is 2. The molecule has 6 nitrogen and oxygen atoms in total. The van der Waals surface area contributed by atoms with Crippen molar-refractivity contribution in [2.24, 2.45) is 0 Å². The predicted octanol–water partition coefficient (Wildman–Crippen LogP) is 1.78. The van der Waals surface area contributed by atoms with E-state index in [4.69, 9.17) is 9.15 Å². The molecule has 0 saturated carbocycles. The molecule has 1 aliphatic carbocycles. The molecule has 0 atom stereocenters. The first kappa shape index (κ1) is 12.3. The van der Waals surface area contributed by atoms with Crippen LogP contribution in [0.3, 0.4) is 0 Å². The summed E-state index contributed by atoms with van der Waals surface area (Å²) in [5.74, 6) is -1.96. The van der Waals surface area contributed by atoms with E-state index in [0.29, 0.717) is 5.76 Å². The SMILES string of the molecule is COc1cc(O)c2c(c1O)C(=O)c1oc(C)cc1C2=O. The number of ether oxygens (including phenoxy) is 1. The average molecular weight is 274 g/mol. The van der Waals surface area contributed by atoms with Crippen LogP contribution in [0.4, 0.5) is 0 Å². The fourth-order valence-corrected chi connectivity index (χ4v) is 2.34. The minimum Gasteiger partial charge on any atom is -0.507 e. The van der Waals surface area contributed by atoms with Crippen molar-refractivity contribution in [1.82, 2.24) is 0 Å². The van der Waals surface area contributed by atoms with Gasteiger partial charge in [-0.3, -0.25) is 9.59 Å². The summed E-state index contributed by atoms with van der Waals surface area (Å²) >= 11 is 0. The lowest BCUT2D eigenvalue weighted by Crippen LogP contribution is -2.19. The van der Waals surface area contributed by atoms with E-state index in [1.165, 1.54) is 13.2 Å². The molecule has 0 aliphatic heterocycles. The summed E-state index contributed by atoms with van der Waals surface area (Å²) in [6, 6.07) is 2.52. The molecule has 0 spiro atoms. The Morgan fingerprint density at radius 2 is 1.80 bits per heavy atom. The molecule has 0 radical (unpaired) electrons. The Balaban J connectivity index is 2.38.